The van der Waals surface area contributed by atoms with Crippen molar-refractivity contribution in [2.75, 3.05) is 30.3 Å². The topological polar surface area (TPSA) is 135 Å². The van der Waals surface area contributed by atoms with E-state index in [1.54, 1.807) is 11.5 Å². The second-order valence-corrected chi connectivity index (χ2v) is 9.43. The first kappa shape index (κ1) is 20.3. The summed E-state index contributed by atoms with van der Waals surface area (Å²) >= 11 is 0. The number of nitrogen functional groups attached to an aromatic ring is 1. The molecule has 6 N–H and O–H groups in total. The fourth-order valence-electron chi connectivity index (χ4n) is 5.35. The lowest BCUT2D eigenvalue weighted by atomic mass is 9.88. The molecule has 9 heteroatoms. The van der Waals surface area contributed by atoms with Gasteiger partial charge < -0.3 is 31.1 Å². The molecule has 8 nitrogen and oxygen atoms in total. The quantitative estimate of drug-likeness (QED) is 0.529. The largest absolute Gasteiger partial charge is 0.477 e. The Morgan fingerprint density at radius 1 is 1.32 bits per heavy atom. The number of aryl methyl sites for hydroxylation is 1. The first-order chi connectivity index (χ1) is 14.7. The number of aliphatic hydroxyl groups is 1. The van der Waals surface area contributed by atoms with E-state index in [0.29, 0.717) is 29.9 Å². The number of carboxylic acids is 1. The molecule has 1 aromatic heterocycles. The maximum absolute atomic E-state index is 15.6. The SMILES string of the molecule is Cc1c(N2C[C@H](CO)[C@H](C3(N)CC3)C2)c(F)c(N)c2c(=O)c(C(=O)O)cn(C3CC3)c12. The second kappa shape index (κ2) is 6.67. The van der Waals surface area contributed by atoms with Gasteiger partial charge in [-0.05, 0) is 38.2 Å². The summed E-state index contributed by atoms with van der Waals surface area (Å²) in [7, 11) is 0. The van der Waals surface area contributed by atoms with Crippen LogP contribution in [-0.2, 0) is 0 Å². The number of pyridine rings is 1. The molecule has 2 heterocycles. The van der Waals surface area contributed by atoms with Gasteiger partial charge in [0.05, 0.1) is 22.3 Å². The highest BCUT2D eigenvalue weighted by Crippen LogP contribution is 2.48. The van der Waals surface area contributed by atoms with Gasteiger partial charge in [0.1, 0.15) is 5.56 Å². The van der Waals surface area contributed by atoms with Crippen molar-refractivity contribution in [3.8, 4) is 0 Å². The number of aliphatic hydroxyl groups excluding tert-OH is 1. The average Bonchev–Trinajstić information content (AvgIpc) is 3.65. The number of aromatic nitrogens is 1. The lowest BCUT2D eigenvalue weighted by Crippen LogP contribution is -2.38. The van der Waals surface area contributed by atoms with Crippen molar-refractivity contribution in [3.05, 3.63) is 33.4 Å². The van der Waals surface area contributed by atoms with Crippen LogP contribution >= 0.6 is 0 Å². The molecule has 1 aliphatic heterocycles. The van der Waals surface area contributed by atoms with Crippen LogP contribution < -0.4 is 21.8 Å². The molecule has 2 atom stereocenters. The maximum Gasteiger partial charge on any atom is 0.341 e. The molecule has 3 fully saturated rings. The Morgan fingerprint density at radius 3 is 2.55 bits per heavy atom. The molecule has 1 aromatic carbocycles. The summed E-state index contributed by atoms with van der Waals surface area (Å²) in [4.78, 5) is 26.4. The Kier molecular flexibility index (Phi) is 4.36. The van der Waals surface area contributed by atoms with E-state index >= 15 is 4.39 Å². The minimum atomic E-state index is -1.35. The van der Waals surface area contributed by atoms with Gasteiger partial charge in [-0.2, -0.15) is 0 Å². The number of benzene rings is 1. The van der Waals surface area contributed by atoms with Crippen molar-refractivity contribution in [1.29, 1.82) is 0 Å². The molecule has 0 bridgehead atoms. The van der Waals surface area contributed by atoms with Gasteiger partial charge in [-0.15, -0.1) is 0 Å². The highest BCUT2D eigenvalue weighted by Gasteiger charge is 2.52. The summed E-state index contributed by atoms with van der Waals surface area (Å²) in [5, 5.41) is 19.3. The third kappa shape index (κ3) is 2.94. The number of carbonyl (C=O) groups is 1. The number of rotatable bonds is 5. The lowest BCUT2D eigenvalue weighted by molar-refractivity contribution is 0.0695. The Morgan fingerprint density at radius 2 is 2.00 bits per heavy atom. The molecule has 2 saturated carbocycles. The van der Waals surface area contributed by atoms with Crippen LogP contribution in [0.3, 0.4) is 0 Å². The normalized spacial score (nSPS) is 24.7. The van der Waals surface area contributed by atoms with Crippen molar-refractivity contribution in [1.82, 2.24) is 4.57 Å². The van der Waals surface area contributed by atoms with Crippen LogP contribution in [0.15, 0.2) is 11.0 Å². The summed E-state index contributed by atoms with van der Waals surface area (Å²) < 4.78 is 17.4. The molecule has 0 spiro atoms. The zero-order valence-corrected chi connectivity index (χ0v) is 17.4. The van der Waals surface area contributed by atoms with Gasteiger partial charge in [0.15, 0.2) is 5.82 Å². The van der Waals surface area contributed by atoms with E-state index in [1.165, 1.54) is 6.20 Å². The third-order valence-electron chi connectivity index (χ3n) is 7.39. The fourth-order valence-corrected chi connectivity index (χ4v) is 5.35. The van der Waals surface area contributed by atoms with Gasteiger partial charge in [0.2, 0.25) is 5.43 Å². The van der Waals surface area contributed by atoms with Crippen LogP contribution in [0.4, 0.5) is 15.8 Å². The van der Waals surface area contributed by atoms with Crippen LogP contribution in [-0.4, -0.2) is 46.0 Å². The van der Waals surface area contributed by atoms with Crippen molar-refractivity contribution in [2.24, 2.45) is 17.6 Å². The predicted octanol–water partition coefficient (Wildman–Crippen LogP) is 1.60. The van der Waals surface area contributed by atoms with E-state index < -0.39 is 22.8 Å². The van der Waals surface area contributed by atoms with Crippen LogP contribution in [0, 0.1) is 24.6 Å². The Labute approximate surface area is 178 Å². The Hall–Kier alpha value is -2.65. The molecule has 5 rings (SSSR count). The van der Waals surface area contributed by atoms with E-state index in [4.69, 9.17) is 11.5 Å². The van der Waals surface area contributed by atoms with Gasteiger partial charge >= 0.3 is 5.97 Å². The molecule has 0 unspecified atom stereocenters. The number of hydrogen-bond acceptors (Lipinski definition) is 6. The molecule has 0 amide bonds. The van der Waals surface area contributed by atoms with Crippen molar-refractivity contribution in [3.63, 3.8) is 0 Å². The number of fused-ring (bicyclic) bond motifs is 1. The van der Waals surface area contributed by atoms with Crippen LogP contribution in [0.25, 0.3) is 10.9 Å². The highest BCUT2D eigenvalue weighted by molar-refractivity contribution is 6.01. The number of nitrogens with two attached hydrogens (primary N) is 2. The van der Waals surface area contributed by atoms with Crippen molar-refractivity contribution in [2.45, 2.75) is 44.2 Å². The monoisotopic (exact) mass is 430 g/mol. The summed E-state index contributed by atoms with van der Waals surface area (Å²) in [5.74, 6) is -2.09. The lowest BCUT2D eigenvalue weighted by Gasteiger charge is -2.26. The van der Waals surface area contributed by atoms with Crippen LogP contribution in [0.5, 0.6) is 0 Å². The first-order valence-electron chi connectivity index (χ1n) is 10.7. The molecule has 2 aliphatic carbocycles. The van der Waals surface area contributed by atoms with Crippen LogP contribution in [0.1, 0.15) is 47.6 Å². The summed E-state index contributed by atoms with van der Waals surface area (Å²) in [5.41, 5.74) is 12.1. The molecular weight excluding hydrogens is 403 g/mol. The third-order valence-corrected chi connectivity index (χ3v) is 7.39. The standard InChI is InChI=1S/C22H27FN4O4/c1-10-18-15(20(29)13(21(30)31)7-27(18)12-2-3-12)17(24)16(23)19(10)26-6-11(9-28)14(8-26)22(25)4-5-22/h7,11-12,14,28H,2-6,8-9,24-25H2,1H3,(H,30,31)/t11-,14-/m1/s1. The molecule has 31 heavy (non-hydrogen) atoms. The number of hydrogen-bond donors (Lipinski definition) is 4. The van der Waals surface area contributed by atoms with Gasteiger partial charge in [-0.25, -0.2) is 9.18 Å². The Balaban J connectivity index is 1.72. The number of nitrogens with zero attached hydrogens (tertiary/aromatic N) is 2. The number of halogens is 1. The first-order valence-corrected chi connectivity index (χ1v) is 10.7. The van der Waals surface area contributed by atoms with E-state index in [2.05, 4.69) is 0 Å². The molecule has 0 radical (unpaired) electrons. The van der Waals surface area contributed by atoms with E-state index in [9.17, 15) is 19.8 Å². The highest BCUT2D eigenvalue weighted by atomic mass is 19.1. The van der Waals surface area contributed by atoms with Gasteiger partial charge in [0.25, 0.3) is 0 Å². The molecule has 3 aliphatic rings. The molecule has 2 aromatic rings. The van der Waals surface area contributed by atoms with Crippen molar-refractivity contribution >= 4 is 28.2 Å². The molecular formula is C22H27FN4O4. The van der Waals surface area contributed by atoms with Crippen LogP contribution in [0.2, 0.25) is 0 Å². The minimum absolute atomic E-state index is 0.0292. The summed E-state index contributed by atoms with van der Waals surface area (Å²) in [6.07, 6.45) is 4.86. The fraction of sp³-hybridized carbons (Fsp3) is 0.545. The number of carboxylic acid groups (broad SMARTS) is 1. The van der Waals surface area contributed by atoms with E-state index in [1.807, 2.05) is 4.90 Å². The van der Waals surface area contributed by atoms with Crippen molar-refractivity contribution < 1.29 is 19.4 Å². The smallest absolute Gasteiger partial charge is 0.341 e. The predicted molar refractivity (Wildman–Crippen MR) is 115 cm³/mol. The average molecular weight is 430 g/mol. The zero-order valence-electron chi connectivity index (χ0n) is 17.4. The van der Waals surface area contributed by atoms with E-state index in [-0.39, 0.29) is 41.1 Å². The van der Waals surface area contributed by atoms with Gasteiger partial charge in [-0.1, -0.05) is 0 Å². The van der Waals surface area contributed by atoms with Gasteiger partial charge in [0, 0.05) is 49.3 Å². The van der Waals surface area contributed by atoms with E-state index in [0.717, 1.165) is 25.7 Å². The summed E-state index contributed by atoms with van der Waals surface area (Å²) in [6.45, 7) is 2.67. The summed E-state index contributed by atoms with van der Waals surface area (Å²) in [6, 6.07) is 0.0629. The number of aromatic carboxylic acids is 1. The molecule has 166 valence electrons. The maximum atomic E-state index is 15.6. The van der Waals surface area contributed by atoms with Gasteiger partial charge in [-0.3, -0.25) is 4.79 Å². The minimum Gasteiger partial charge on any atom is -0.477 e. The number of anilines is 2. The molecule has 1 saturated heterocycles. The Bertz CT molecular complexity index is 1170. The zero-order chi connectivity index (χ0) is 22.2. The second-order valence-electron chi connectivity index (χ2n) is 9.43.